The van der Waals surface area contributed by atoms with Crippen LogP contribution >= 0.6 is 0 Å². The van der Waals surface area contributed by atoms with Crippen molar-refractivity contribution in [2.45, 2.75) is 50.4 Å². The van der Waals surface area contributed by atoms with E-state index in [-0.39, 0.29) is 5.91 Å². The maximum atomic E-state index is 12.0. The number of piperidine rings is 1. The average Bonchev–Trinajstić information content (AvgIpc) is 3.70. The van der Waals surface area contributed by atoms with Gasteiger partial charge in [0.15, 0.2) is 0 Å². The molecule has 1 aliphatic carbocycles. The summed E-state index contributed by atoms with van der Waals surface area (Å²) in [5.74, 6) is 0.428. The van der Waals surface area contributed by atoms with E-state index in [2.05, 4.69) is 70.3 Å². The zero-order valence-electron chi connectivity index (χ0n) is 20.7. The van der Waals surface area contributed by atoms with Crippen LogP contribution in [0.15, 0.2) is 91.0 Å². The van der Waals surface area contributed by atoms with Crippen molar-refractivity contribution < 1.29 is 9.63 Å². The second kappa shape index (κ2) is 12.1. The number of carbonyl (C=O) groups excluding carboxylic acids is 1. The maximum absolute atomic E-state index is 12.0. The highest BCUT2D eigenvalue weighted by atomic mass is 16.6. The van der Waals surface area contributed by atoms with Crippen LogP contribution in [0, 0.1) is 0 Å². The fourth-order valence-electron chi connectivity index (χ4n) is 4.97. The number of carbonyl (C=O) groups is 1. The van der Waals surface area contributed by atoms with Crippen LogP contribution in [0.2, 0.25) is 0 Å². The number of hydrogen-bond donors (Lipinski definition) is 2. The van der Waals surface area contributed by atoms with Gasteiger partial charge in [-0.1, -0.05) is 84.9 Å². The van der Waals surface area contributed by atoms with E-state index in [0.29, 0.717) is 24.6 Å². The molecule has 3 aromatic carbocycles. The Morgan fingerprint density at radius 3 is 2.31 bits per heavy atom. The Morgan fingerprint density at radius 2 is 1.58 bits per heavy atom. The normalized spacial score (nSPS) is 20.4. The van der Waals surface area contributed by atoms with Gasteiger partial charge in [-0.05, 0) is 60.7 Å². The molecule has 0 bridgehead atoms. The number of nitrogens with zero attached hydrogens (tertiary/aromatic N) is 1. The average molecular weight is 482 g/mol. The molecule has 2 fully saturated rings. The molecule has 2 aliphatic rings. The largest absolute Gasteiger partial charge is 0.311 e. The molecule has 2 N–H and O–H groups in total. The number of likely N-dealkylation sites (tertiary alicyclic amines) is 1. The van der Waals surface area contributed by atoms with Gasteiger partial charge in [0.05, 0.1) is 6.61 Å². The zero-order chi connectivity index (χ0) is 24.6. The van der Waals surface area contributed by atoms with Crippen molar-refractivity contribution in [3.05, 3.63) is 113 Å². The predicted molar refractivity (Wildman–Crippen MR) is 144 cm³/mol. The smallest absolute Gasteiger partial charge is 0.267 e. The third kappa shape index (κ3) is 7.14. The minimum Gasteiger partial charge on any atom is -0.311 e. The van der Waals surface area contributed by atoms with Gasteiger partial charge in [-0.3, -0.25) is 14.5 Å². The first-order chi connectivity index (χ1) is 17.7. The molecule has 186 valence electrons. The first kappa shape index (κ1) is 24.4. The summed E-state index contributed by atoms with van der Waals surface area (Å²) in [6.07, 6.45) is 7.00. The lowest BCUT2D eigenvalue weighted by molar-refractivity contribution is -0.129. The lowest BCUT2D eigenvalue weighted by atomic mass is 10.0. The number of nitrogens with one attached hydrogen (secondary N) is 2. The van der Waals surface area contributed by atoms with Crippen molar-refractivity contribution in [3.8, 4) is 0 Å². The van der Waals surface area contributed by atoms with Crippen LogP contribution in [-0.2, 0) is 22.8 Å². The van der Waals surface area contributed by atoms with E-state index in [1.807, 2.05) is 36.4 Å². The molecule has 5 nitrogen and oxygen atoms in total. The zero-order valence-corrected chi connectivity index (χ0v) is 20.7. The molecule has 1 amide bonds. The summed E-state index contributed by atoms with van der Waals surface area (Å²) in [6.45, 7) is 3.58. The van der Waals surface area contributed by atoms with Crippen LogP contribution in [0.1, 0.15) is 47.4 Å². The number of hydroxylamine groups is 1. The molecule has 0 aromatic heterocycles. The minimum atomic E-state index is -0.271. The van der Waals surface area contributed by atoms with Crippen molar-refractivity contribution in [1.29, 1.82) is 0 Å². The predicted octanol–water partition coefficient (Wildman–Crippen LogP) is 5.06. The van der Waals surface area contributed by atoms with Crippen molar-refractivity contribution in [1.82, 2.24) is 15.7 Å². The summed E-state index contributed by atoms with van der Waals surface area (Å²) >= 11 is 0. The topological polar surface area (TPSA) is 53.6 Å². The number of amides is 1. The first-order valence-electron chi connectivity index (χ1n) is 13.0. The summed E-state index contributed by atoms with van der Waals surface area (Å²) in [5.41, 5.74) is 7.25. The summed E-state index contributed by atoms with van der Waals surface area (Å²) in [5, 5.41) is 3.90. The number of hydrogen-bond acceptors (Lipinski definition) is 4. The molecule has 1 aliphatic heterocycles. The fraction of sp³-hybridized carbons (Fsp3) is 0.323. The van der Waals surface area contributed by atoms with Crippen molar-refractivity contribution >= 4 is 12.0 Å². The van der Waals surface area contributed by atoms with Crippen LogP contribution < -0.4 is 10.8 Å². The Labute approximate surface area is 214 Å². The highest BCUT2D eigenvalue weighted by molar-refractivity contribution is 5.90. The van der Waals surface area contributed by atoms with E-state index in [9.17, 15) is 4.79 Å². The second-order valence-electron chi connectivity index (χ2n) is 9.89. The van der Waals surface area contributed by atoms with Crippen LogP contribution in [0.4, 0.5) is 0 Å². The molecule has 36 heavy (non-hydrogen) atoms. The number of rotatable bonds is 10. The van der Waals surface area contributed by atoms with Gasteiger partial charge in [0.2, 0.25) is 0 Å². The molecule has 1 saturated heterocycles. The standard InChI is InChI=1S/C31H35N3O2/c35-31(33-36-23-26-7-3-1-4-8-26)16-15-24-11-13-25(14-12-24)22-34-19-17-28(18-20-34)32-30-21-29(30)27-9-5-2-6-10-27/h1-16,28-30,32H,17-23H2,(H,33,35)/t29-,30+/m0/s1. The third-order valence-electron chi connectivity index (χ3n) is 7.12. The quantitative estimate of drug-likeness (QED) is 0.314. The Morgan fingerprint density at radius 1 is 0.889 bits per heavy atom. The van der Waals surface area contributed by atoms with Crippen LogP contribution in [0.3, 0.4) is 0 Å². The molecular weight excluding hydrogens is 446 g/mol. The second-order valence-corrected chi connectivity index (χ2v) is 9.89. The molecule has 0 unspecified atom stereocenters. The molecule has 0 radical (unpaired) electrons. The van der Waals surface area contributed by atoms with E-state index in [1.54, 1.807) is 0 Å². The lowest BCUT2D eigenvalue weighted by Crippen LogP contribution is -2.43. The van der Waals surface area contributed by atoms with Crippen LogP contribution in [0.25, 0.3) is 6.08 Å². The molecule has 5 rings (SSSR count). The minimum absolute atomic E-state index is 0.271. The molecule has 0 spiro atoms. The number of benzene rings is 3. The third-order valence-corrected chi connectivity index (χ3v) is 7.12. The van der Waals surface area contributed by atoms with Gasteiger partial charge >= 0.3 is 0 Å². The highest BCUT2D eigenvalue weighted by Crippen LogP contribution is 2.41. The van der Waals surface area contributed by atoms with Crippen LogP contribution in [0.5, 0.6) is 0 Å². The fourth-order valence-corrected chi connectivity index (χ4v) is 4.97. The molecule has 1 saturated carbocycles. The van der Waals surface area contributed by atoms with Gasteiger partial charge in [-0.15, -0.1) is 0 Å². The van der Waals surface area contributed by atoms with Crippen molar-refractivity contribution in [2.24, 2.45) is 0 Å². The van der Waals surface area contributed by atoms with Gasteiger partial charge < -0.3 is 5.32 Å². The molecule has 5 heteroatoms. The Bertz CT molecular complexity index is 1120. The van der Waals surface area contributed by atoms with Crippen molar-refractivity contribution in [3.63, 3.8) is 0 Å². The lowest BCUT2D eigenvalue weighted by Gasteiger charge is -2.32. The Balaban J connectivity index is 0.994. The molecule has 1 heterocycles. The van der Waals surface area contributed by atoms with E-state index in [1.165, 1.54) is 36.5 Å². The van der Waals surface area contributed by atoms with Gasteiger partial charge in [0.1, 0.15) is 0 Å². The van der Waals surface area contributed by atoms with Gasteiger partial charge in [-0.2, -0.15) is 0 Å². The van der Waals surface area contributed by atoms with Crippen LogP contribution in [-0.4, -0.2) is 36.0 Å². The van der Waals surface area contributed by atoms with Gasteiger partial charge in [0, 0.05) is 30.6 Å². The Hall–Kier alpha value is -3.25. The monoisotopic (exact) mass is 481 g/mol. The molecule has 2 atom stereocenters. The Kier molecular flexibility index (Phi) is 8.24. The van der Waals surface area contributed by atoms with Gasteiger partial charge in [0.25, 0.3) is 5.91 Å². The van der Waals surface area contributed by atoms with E-state index < -0.39 is 0 Å². The molecular formula is C31H35N3O2. The maximum Gasteiger partial charge on any atom is 0.267 e. The first-order valence-corrected chi connectivity index (χ1v) is 13.0. The van der Waals surface area contributed by atoms with E-state index >= 15 is 0 Å². The summed E-state index contributed by atoms with van der Waals surface area (Å²) in [6, 6.07) is 30.4. The summed E-state index contributed by atoms with van der Waals surface area (Å²) < 4.78 is 0. The summed E-state index contributed by atoms with van der Waals surface area (Å²) in [4.78, 5) is 19.8. The van der Waals surface area contributed by atoms with Gasteiger partial charge in [-0.25, -0.2) is 5.48 Å². The SMILES string of the molecule is O=C(C=Cc1ccc(CN2CCC(N[C@@H]3C[C@H]3c3ccccc3)CC2)cc1)NOCc1ccccc1. The van der Waals surface area contributed by atoms with E-state index in [4.69, 9.17) is 4.84 Å². The molecule has 3 aromatic rings. The van der Waals surface area contributed by atoms with Crippen molar-refractivity contribution in [2.75, 3.05) is 13.1 Å². The highest BCUT2D eigenvalue weighted by Gasteiger charge is 2.39. The summed E-state index contributed by atoms with van der Waals surface area (Å²) in [7, 11) is 0. The van der Waals surface area contributed by atoms with E-state index in [0.717, 1.165) is 30.8 Å².